The van der Waals surface area contributed by atoms with Gasteiger partial charge in [0.05, 0.1) is 27.8 Å². The molecule has 2 aromatic rings. The topological polar surface area (TPSA) is 56.8 Å². The zero-order valence-corrected chi connectivity index (χ0v) is 15.4. The second kappa shape index (κ2) is 9.28. The lowest BCUT2D eigenvalue weighted by molar-refractivity contribution is -0.115. The second-order valence-electron chi connectivity index (χ2n) is 5.16. The highest BCUT2D eigenvalue weighted by Gasteiger charge is 2.15. The largest absolute Gasteiger partial charge is 0.493 e. The summed E-state index contributed by atoms with van der Waals surface area (Å²) in [6, 6.07) is 9.62. The highest BCUT2D eigenvalue weighted by atomic mass is 32.2. The number of benzene rings is 2. The average molecular weight is 383 g/mol. The van der Waals surface area contributed by atoms with Gasteiger partial charge in [-0.15, -0.1) is 0 Å². The molecule has 0 aliphatic heterocycles. The lowest BCUT2D eigenvalue weighted by Crippen LogP contribution is -2.14. The minimum absolute atomic E-state index is 0.0875. The van der Waals surface area contributed by atoms with Crippen LogP contribution in [0.4, 0.5) is 14.5 Å². The van der Waals surface area contributed by atoms with E-state index in [1.54, 1.807) is 24.3 Å². The van der Waals surface area contributed by atoms with Crippen LogP contribution in [0.15, 0.2) is 41.3 Å². The van der Waals surface area contributed by atoms with Gasteiger partial charge >= 0.3 is 0 Å². The first-order valence-electron chi connectivity index (χ1n) is 7.60. The molecule has 8 heteroatoms. The molecule has 2 rings (SSSR count). The van der Waals surface area contributed by atoms with Crippen molar-refractivity contribution in [2.75, 3.05) is 26.6 Å². The summed E-state index contributed by atoms with van der Waals surface area (Å²) in [6.45, 7) is 0. The molecule has 0 unspecified atom stereocenters. The van der Waals surface area contributed by atoms with Gasteiger partial charge in [-0.05, 0) is 42.0 Å². The highest BCUT2D eigenvalue weighted by molar-refractivity contribution is 7.99. The Labute approximate surface area is 154 Å². The van der Waals surface area contributed by atoms with E-state index in [-0.39, 0.29) is 12.3 Å². The Kier molecular flexibility index (Phi) is 7.08. The Morgan fingerprint density at radius 2 is 1.62 bits per heavy atom. The summed E-state index contributed by atoms with van der Waals surface area (Å²) in [5, 5.41) is 2.73. The maximum atomic E-state index is 12.3. The molecular weight excluding hydrogens is 364 g/mol. The predicted octanol–water partition coefficient (Wildman–Crippen LogP) is 4.21. The van der Waals surface area contributed by atoms with E-state index in [1.807, 2.05) is 0 Å². The molecule has 0 fully saturated rings. The second-order valence-corrected chi connectivity index (χ2v) is 6.22. The van der Waals surface area contributed by atoms with Crippen molar-refractivity contribution in [3.8, 4) is 17.2 Å². The van der Waals surface area contributed by atoms with Crippen LogP contribution in [-0.4, -0.2) is 33.0 Å². The Bertz CT molecular complexity index is 728. The van der Waals surface area contributed by atoms with Crippen LogP contribution >= 0.6 is 11.8 Å². The number of carbonyl (C=O) groups excluding carboxylic acids is 1. The number of thioether (sulfide) groups is 1. The van der Waals surface area contributed by atoms with Crippen molar-refractivity contribution in [1.29, 1.82) is 0 Å². The third-order valence-electron chi connectivity index (χ3n) is 3.45. The van der Waals surface area contributed by atoms with Crippen LogP contribution in [0.1, 0.15) is 5.56 Å². The van der Waals surface area contributed by atoms with Crippen molar-refractivity contribution < 1.29 is 27.8 Å². The van der Waals surface area contributed by atoms with E-state index in [2.05, 4.69) is 5.32 Å². The van der Waals surface area contributed by atoms with Gasteiger partial charge in [-0.25, -0.2) is 0 Å². The molecule has 0 aromatic heterocycles. The number of alkyl halides is 2. The average Bonchev–Trinajstić information content (AvgIpc) is 2.61. The zero-order valence-electron chi connectivity index (χ0n) is 14.5. The normalized spacial score (nSPS) is 10.5. The van der Waals surface area contributed by atoms with Crippen molar-refractivity contribution in [3.63, 3.8) is 0 Å². The molecule has 0 spiro atoms. The van der Waals surface area contributed by atoms with Gasteiger partial charge in [-0.3, -0.25) is 4.79 Å². The first-order valence-corrected chi connectivity index (χ1v) is 8.48. The molecular formula is C18H19F2NO4S. The number of hydrogen-bond acceptors (Lipinski definition) is 5. The first kappa shape index (κ1) is 19.8. The van der Waals surface area contributed by atoms with Crippen molar-refractivity contribution in [1.82, 2.24) is 0 Å². The number of rotatable bonds is 8. The minimum Gasteiger partial charge on any atom is -0.493 e. The highest BCUT2D eigenvalue weighted by Crippen LogP contribution is 2.38. The van der Waals surface area contributed by atoms with Gasteiger partial charge in [0.15, 0.2) is 11.5 Å². The van der Waals surface area contributed by atoms with Crippen molar-refractivity contribution in [3.05, 3.63) is 42.0 Å². The number of hydrogen-bond donors (Lipinski definition) is 1. The van der Waals surface area contributed by atoms with E-state index in [0.717, 1.165) is 0 Å². The van der Waals surface area contributed by atoms with Gasteiger partial charge in [-0.1, -0.05) is 11.8 Å². The Morgan fingerprint density at radius 1 is 1.04 bits per heavy atom. The Morgan fingerprint density at radius 3 is 2.08 bits per heavy atom. The third-order valence-corrected chi connectivity index (χ3v) is 4.17. The minimum atomic E-state index is -2.48. The number of ether oxygens (including phenoxy) is 3. The molecule has 5 nitrogen and oxygen atoms in total. The van der Waals surface area contributed by atoms with Crippen molar-refractivity contribution in [2.45, 2.75) is 17.1 Å². The summed E-state index contributed by atoms with van der Waals surface area (Å²) in [7, 11) is 4.50. The van der Waals surface area contributed by atoms with Crippen LogP contribution in [0.3, 0.4) is 0 Å². The van der Waals surface area contributed by atoms with Crippen LogP contribution in [-0.2, 0) is 11.2 Å². The van der Waals surface area contributed by atoms with Gasteiger partial charge in [-0.2, -0.15) is 8.78 Å². The maximum absolute atomic E-state index is 12.3. The molecule has 0 heterocycles. The van der Waals surface area contributed by atoms with E-state index in [9.17, 15) is 13.6 Å². The van der Waals surface area contributed by atoms with Gasteiger partial charge in [0, 0.05) is 10.6 Å². The van der Waals surface area contributed by atoms with E-state index < -0.39 is 5.76 Å². The van der Waals surface area contributed by atoms with Gasteiger partial charge in [0.2, 0.25) is 11.7 Å². The van der Waals surface area contributed by atoms with Gasteiger partial charge < -0.3 is 19.5 Å². The fourth-order valence-corrected chi connectivity index (χ4v) is 2.85. The molecule has 0 atom stereocenters. The number of amides is 1. The number of methoxy groups -OCH3 is 3. The van der Waals surface area contributed by atoms with Crippen LogP contribution in [0.5, 0.6) is 17.2 Å². The van der Waals surface area contributed by atoms with Crippen LogP contribution in [0.2, 0.25) is 0 Å². The molecule has 2 aromatic carbocycles. The zero-order chi connectivity index (χ0) is 19.1. The monoisotopic (exact) mass is 383 g/mol. The maximum Gasteiger partial charge on any atom is 0.288 e. The number of carbonyl (C=O) groups is 1. The summed E-state index contributed by atoms with van der Waals surface area (Å²) in [5.74, 6) is -1.36. The van der Waals surface area contributed by atoms with E-state index >= 15 is 0 Å². The molecule has 1 amide bonds. The van der Waals surface area contributed by atoms with Crippen LogP contribution in [0, 0.1) is 0 Å². The summed E-state index contributed by atoms with van der Waals surface area (Å²) in [5.41, 5.74) is 1.21. The van der Waals surface area contributed by atoms with Crippen molar-refractivity contribution >= 4 is 23.4 Å². The fraction of sp³-hybridized carbons (Fsp3) is 0.278. The van der Waals surface area contributed by atoms with Crippen LogP contribution in [0.25, 0.3) is 0 Å². The molecule has 0 saturated heterocycles. The standard InChI is InChI=1S/C18H19F2NO4S/c1-23-14-8-11(9-15(24-2)17(14)25-3)10-16(22)21-12-4-6-13(7-5-12)26-18(19)20/h4-9,18H,10H2,1-3H3,(H,21,22). The lowest BCUT2D eigenvalue weighted by atomic mass is 10.1. The quantitative estimate of drug-likeness (QED) is 0.692. The smallest absolute Gasteiger partial charge is 0.288 e. The fourth-order valence-electron chi connectivity index (χ4n) is 2.35. The van der Waals surface area contributed by atoms with Gasteiger partial charge in [0.1, 0.15) is 0 Å². The summed E-state index contributed by atoms with van der Waals surface area (Å²) >= 11 is 0.455. The van der Waals surface area contributed by atoms with E-state index in [1.165, 1.54) is 33.5 Å². The summed E-state index contributed by atoms with van der Waals surface area (Å²) in [6.07, 6.45) is 0.0875. The van der Waals surface area contributed by atoms with E-state index in [4.69, 9.17) is 14.2 Å². The first-order chi connectivity index (χ1) is 12.5. The molecule has 140 valence electrons. The molecule has 1 N–H and O–H groups in total. The SMILES string of the molecule is COc1cc(CC(=O)Nc2ccc(SC(F)F)cc2)cc(OC)c1OC. The van der Waals surface area contributed by atoms with Crippen molar-refractivity contribution in [2.24, 2.45) is 0 Å². The number of anilines is 1. The lowest BCUT2D eigenvalue weighted by Gasteiger charge is -2.14. The number of nitrogens with one attached hydrogen (secondary N) is 1. The molecule has 0 aliphatic rings. The molecule has 26 heavy (non-hydrogen) atoms. The molecule has 0 saturated carbocycles. The summed E-state index contributed by atoms with van der Waals surface area (Å²) < 4.78 is 40.4. The number of halogens is 2. The summed E-state index contributed by atoms with van der Waals surface area (Å²) in [4.78, 5) is 12.7. The molecule has 0 bridgehead atoms. The predicted molar refractivity (Wildman–Crippen MR) is 96.7 cm³/mol. The van der Waals surface area contributed by atoms with Crippen LogP contribution < -0.4 is 19.5 Å². The Balaban J connectivity index is 2.07. The van der Waals surface area contributed by atoms with Gasteiger partial charge in [0.25, 0.3) is 5.76 Å². The molecule has 0 radical (unpaired) electrons. The molecule has 0 aliphatic carbocycles. The third kappa shape index (κ3) is 5.26. The van der Waals surface area contributed by atoms with E-state index in [0.29, 0.717) is 45.2 Å². The Hall–Kier alpha value is -2.48.